The van der Waals surface area contributed by atoms with Crippen molar-refractivity contribution in [2.75, 3.05) is 5.75 Å². The van der Waals surface area contributed by atoms with Crippen LogP contribution < -0.4 is 0 Å². The number of phenolic OH excluding ortho intramolecular Hbond substituents is 1. The molecule has 0 bridgehead atoms. The molecule has 0 amide bonds. The number of thioether (sulfide) groups is 1. The molecule has 0 aromatic heterocycles. The summed E-state index contributed by atoms with van der Waals surface area (Å²) in [6.45, 7) is 3.70. The van der Waals surface area contributed by atoms with Crippen LogP contribution in [0.4, 0.5) is 0 Å². The molecule has 0 saturated carbocycles. The van der Waals surface area contributed by atoms with Crippen molar-refractivity contribution in [2.45, 2.75) is 4.90 Å². The zero-order chi connectivity index (χ0) is 10.7. The van der Waals surface area contributed by atoms with E-state index >= 15 is 0 Å². The van der Waals surface area contributed by atoms with Crippen molar-refractivity contribution >= 4 is 22.5 Å². The molecule has 0 unspecified atom stereocenters. The van der Waals surface area contributed by atoms with Gasteiger partial charge < -0.3 is 5.11 Å². The Morgan fingerprint density at radius 3 is 2.60 bits per heavy atom. The van der Waals surface area contributed by atoms with E-state index in [-0.39, 0.29) is 0 Å². The Morgan fingerprint density at radius 1 is 1.13 bits per heavy atom. The van der Waals surface area contributed by atoms with Gasteiger partial charge in [-0.25, -0.2) is 0 Å². The van der Waals surface area contributed by atoms with Gasteiger partial charge in [0, 0.05) is 16.0 Å². The number of rotatable bonds is 3. The molecule has 0 saturated heterocycles. The highest BCUT2D eigenvalue weighted by Gasteiger charge is 2.03. The first-order chi connectivity index (χ1) is 7.33. The van der Waals surface area contributed by atoms with Gasteiger partial charge >= 0.3 is 0 Å². The van der Waals surface area contributed by atoms with E-state index in [4.69, 9.17) is 0 Å². The second-order valence-electron chi connectivity index (χ2n) is 3.23. The summed E-state index contributed by atoms with van der Waals surface area (Å²) in [6.07, 6.45) is 1.88. The lowest BCUT2D eigenvalue weighted by Gasteiger charge is -2.06. The van der Waals surface area contributed by atoms with Gasteiger partial charge in [-0.15, -0.1) is 18.3 Å². The molecule has 0 heterocycles. The maximum atomic E-state index is 9.69. The Kier molecular flexibility index (Phi) is 2.97. The van der Waals surface area contributed by atoms with Gasteiger partial charge in [0.1, 0.15) is 5.75 Å². The zero-order valence-electron chi connectivity index (χ0n) is 8.31. The number of hydrogen-bond donors (Lipinski definition) is 1. The molecule has 2 heteroatoms. The van der Waals surface area contributed by atoms with E-state index in [1.54, 1.807) is 17.8 Å². The molecule has 2 rings (SSSR count). The maximum Gasteiger partial charge on any atom is 0.123 e. The van der Waals surface area contributed by atoms with Crippen LogP contribution in [0.1, 0.15) is 0 Å². The summed E-state index contributed by atoms with van der Waals surface area (Å²) in [5.41, 5.74) is 0. The molecule has 0 aliphatic carbocycles. The average molecular weight is 216 g/mol. The van der Waals surface area contributed by atoms with Crippen LogP contribution in [0.15, 0.2) is 53.9 Å². The van der Waals surface area contributed by atoms with Crippen LogP contribution in [0.5, 0.6) is 5.75 Å². The van der Waals surface area contributed by atoms with Gasteiger partial charge in [-0.05, 0) is 17.5 Å². The Bertz CT molecular complexity index is 491. The van der Waals surface area contributed by atoms with E-state index in [1.165, 1.54) is 4.90 Å². The highest BCUT2D eigenvalue weighted by molar-refractivity contribution is 7.99. The largest absolute Gasteiger partial charge is 0.507 e. The summed E-state index contributed by atoms with van der Waals surface area (Å²) in [7, 11) is 0. The van der Waals surface area contributed by atoms with E-state index in [0.717, 1.165) is 16.5 Å². The van der Waals surface area contributed by atoms with Gasteiger partial charge in [0.25, 0.3) is 0 Å². The van der Waals surface area contributed by atoms with Gasteiger partial charge in [0.15, 0.2) is 0 Å². The summed E-state index contributed by atoms with van der Waals surface area (Å²) < 4.78 is 0. The molecular weight excluding hydrogens is 204 g/mol. The average Bonchev–Trinajstić information content (AvgIpc) is 2.29. The third-order valence-electron chi connectivity index (χ3n) is 2.22. The lowest BCUT2D eigenvalue weighted by atomic mass is 10.1. The first kappa shape index (κ1) is 10.1. The van der Waals surface area contributed by atoms with Crippen LogP contribution in [0.2, 0.25) is 0 Å². The SMILES string of the molecule is C=CCSc1ccc(O)c2ccccc12. The van der Waals surface area contributed by atoms with Crippen molar-refractivity contribution in [1.29, 1.82) is 0 Å². The normalized spacial score (nSPS) is 10.4. The van der Waals surface area contributed by atoms with Crippen LogP contribution in [0, 0.1) is 0 Å². The quantitative estimate of drug-likeness (QED) is 0.621. The number of phenols is 1. The highest BCUT2D eigenvalue weighted by Crippen LogP contribution is 2.33. The van der Waals surface area contributed by atoms with E-state index in [9.17, 15) is 5.11 Å². The number of fused-ring (bicyclic) bond motifs is 1. The Balaban J connectivity index is 2.56. The smallest absolute Gasteiger partial charge is 0.123 e. The molecule has 0 aliphatic rings. The molecule has 2 aromatic rings. The van der Waals surface area contributed by atoms with Crippen molar-refractivity contribution < 1.29 is 5.11 Å². The van der Waals surface area contributed by atoms with Gasteiger partial charge in [-0.1, -0.05) is 30.3 Å². The van der Waals surface area contributed by atoms with E-state index in [2.05, 4.69) is 6.58 Å². The predicted molar refractivity (Wildman–Crippen MR) is 66.5 cm³/mol. The minimum atomic E-state index is 0.341. The minimum absolute atomic E-state index is 0.341. The third kappa shape index (κ3) is 2.00. The van der Waals surface area contributed by atoms with Crippen LogP contribution in [0.25, 0.3) is 10.8 Å². The summed E-state index contributed by atoms with van der Waals surface area (Å²) in [5.74, 6) is 1.22. The van der Waals surface area contributed by atoms with Crippen molar-refractivity contribution in [3.63, 3.8) is 0 Å². The molecule has 1 N–H and O–H groups in total. The van der Waals surface area contributed by atoms with Crippen LogP contribution in [-0.2, 0) is 0 Å². The van der Waals surface area contributed by atoms with Crippen molar-refractivity contribution in [3.8, 4) is 5.75 Å². The van der Waals surface area contributed by atoms with Crippen molar-refractivity contribution in [2.24, 2.45) is 0 Å². The molecular formula is C13H12OS. The molecule has 76 valence electrons. The lowest BCUT2D eigenvalue weighted by molar-refractivity contribution is 0.481. The molecule has 2 aromatic carbocycles. The third-order valence-corrected chi connectivity index (χ3v) is 3.29. The number of aromatic hydroxyl groups is 1. The van der Waals surface area contributed by atoms with Crippen LogP contribution in [-0.4, -0.2) is 10.9 Å². The van der Waals surface area contributed by atoms with Crippen LogP contribution >= 0.6 is 11.8 Å². The van der Waals surface area contributed by atoms with E-state index in [0.29, 0.717) is 5.75 Å². The molecule has 1 nitrogen and oxygen atoms in total. The number of hydrogen-bond acceptors (Lipinski definition) is 2. The first-order valence-electron chi connectivity index (χ1n) is 4.77. The fourth-order valence-electron chi connectivity index (χ4n) is 1.53. The Morgan fingerprint density at radius 2 is 1.87 bits per heavy atom. The summed E-state index contributed by atoms with van der Waals surface area (Å²) >= 11 is 1.73. The highest BCUT2D eigenvalue weighted by atomic mass is 32.2. The minimum Gasteiger partial charge on any atom is -0.507 e. The lowest BCUT2D eigenvalue weighted by Crippen LogP contribution is -1.79. The fourth-order valence-corrected chi connectivity index (χ4v) is 2.33. The van der Waals surface area contributed by atoms with E-state index < -0.39 is 0 Å². The standard InChI is InChI=1S/C13H12OS/c1-2-9-15-13-8-7-12(14)10-5-3-4-6-11(10)13/h2-8,14H,1,9H2. The van der Waals surface area contributed by atoms with Crippen LogP contribution in [0.3, 0.4) is 0 Å². The monoisotopic (exact) mass is 216 g/mol. The molecule has 0 fully saturated rings. The molecule has 0 aliphatic heterocycles. The van der Waals surface area contributed by atoms with Gasteiger partial charge in [-0.2, -0.15) is 0 Å². The van der Waals surface area contributed by atoms with Gasteiger partial charge in [0.2, 0.25) is 0 Å². The molecule has 0 spiro atoms. The second kappa shape index (κ2) is 4.41. The fraction of sp³-hybridized carbons (Fsp3) is 0.0769. The summed E-state index contributed by atoms with van der Waals surface area (Å²) in [4.78, 5) is 1.18. The Hall–Kier alpha value is -1.41. The summed E-state index contributed by atoms with van der Waals surface area (Å²) in [5, 5.41) is 11.7. The van der Waals surface area contributed by atoms with Crippen molar-refractivity contribution in [3.05, 3.63) is 49.1 Å². The van der Waals surface area contributed by atoms with Crippen molar-refractivity contribution in [1.82, 2.24) is 0 Å². The van der Waals surface area contributed by atoms with Gasteiger partial charge in [0.05, 0.1) is 0 Å². The molecule has 0 radical (unpaired) electrons. The van der Waals surface area contributed by atoms with Gasteiger partial charge in [-0.3, -0.25) is 0 Å². The second-order valence-corrected chi connectivity index (χ2v) is 4.29. The predicted octanol–water partition coefficient (Wildman–Crippen LogP) is 3.82. The topological polar surface area (TPSA) is 20.2 Å². The molecule has 0 atom stereocenters. The van der Waals surface area contributed by atoms with E-state index in [1.807, 2.05) is 36.4 Å². The zero-order valence-corrected chi connectivity index (χ0v) is 9.13. The first-order valence-corrected chi connectivity index (χ1v) is 5.76. The summed E-state index contributed by atoms with van der Waals surface area (Å²) in [6, 6.07) is 11.6. The number of benzene rings is 2. The molecule has 15 heavy (non-hydrogen) atoms. The Labute approximate surface area is 93.4 Å². The maximum absolute atomic E-state index is 9.69.